The van der Waals surface area contributed by atoms with Gasteiger partial charge in [-0.3, -0.25) is 9.59 Å². The van der Waals surface area contributed by atoms with Crippen LogP contribution in [0.1, 0.15) is 21.7 Å². The molecule has 8 heteroatoms. The van der Waals surface area contributed by atoms with Crippen molar-refractivity contribution in [2.24, 2.45) is 0 Å². The minimum absolute atomic E-state index is 0.00129. The van der Waals surface area contributed by atoms with Gasteiger partial charge in [0.15, 0.2) is 0 Å². The van der Waals surface area contributed by atoms with Crippen molar-refractivity contribution in [1.82, 2.24) is 10.1 Å². The Morgan fingerprint density at radius 3 is 2.52 bits per heavy atom. The van der Waals surface area contributed by atoms with Gasteiger partial charge in [-0.1, -0.05) is 40.5 Å². The molecule has 3 aromatic rings. The number of nitrogens with one attached hydrogen (secondary N) is 1. The summed E-state index contributed by atoms with van der Waals surface area (Å²) in [5, 5.41) is 6.65. The zero-order chi connectivity index (χ0) is 21.1. The number of likely N-dealkylation sites (N-methyl/N-ethyl adjacent to an activating group) is 1. The first-order chi connectivity index (χ1) is 13.8. The SMILES string of the molecule is Cc1ccc(NC(=O)CN(C)C(=O)c2c(-c3c(F)cccc3Cl)noc2C)cc1. The van der Waals surface area contributed by atoms with E-state index >= 15 is 0 Å². The smallest absolute Gasteiger partial charge is 0.259 e. The molecule has 150 valence electrons. The molecule has 0 saturated carbocycles. The Balaban J connectivity index is 1.81. The van der Waals surface area contributed by atoms with E-state index in [2.05, 4.69) is 10.5 Å². The van der Waals surface area contributed by atoms with Crippen molar-refractivity contribution in [2.45, 2.75) is 13.8 Å². The Labute approximate surface area is 172 Å². The topological polar surface area (TPSA) is 75.4 Å². The lowest BCUT2D eigenvalue weighted by molar-refractivity contribution is -0.116. The van der Waals surface area contributed by atoms with Gasteiger partial charge >= 0.3 is 0 Å². The summed E-state index contributed by atoms with van der Waals surface area (Å²) < 4.78 is 19.4. The highest BCUT2D eigenvalue weighted by Crippen LogP contribution is 2.33. The lowest BCUT2D eigenvalue weighted by atomic mass is 10.0. The summed E-state index contributed by atoms with van der Waals surface area (Å²) in [5.41, 5.74) is 1.73. The summed E-state index contributed by atoms with van der Waals surface area (Å²) in [6, 6.07) is 11.5. The number of benzene rings is 2. The van der Waals surface area contributed by atoms with Gasteiger partial charge in [0.2, 0.25) is 5.91 Å². The third-order valence-electron chi connectivity index (χ3n) is 4.34. The Morgan fingerprint density at radius 1 is 1.17 bits per heavy atom. The normalized spacial score (nSPS) is 10.7. The standard InChI is InChI=1S/C21H19ClFN3O3/c1-12-7-9-14(10-8-12)24-17(27)11-26(3)21(28)18-13(2)29-25-20(18)19-15(22)5-4-6-16(19)23/h4-10H,11H2,1-3H3,(H,24,27). The second-order valence-electron chi connectivity index (χ2n) is 6.63. The Kier molecular flexibility index (Phi) is 5.98. The maximum Gasteiger partial charge on any atom is 0.259 e. The molecule has 6 nitrogen and oxygen atoms in total. The summed E-state index contributed by atoms with van der Waals surface area (Å²) in [6.45, 7) is 3.28. The number of aryl methyl sites for hydroxylation is 2. The average Bonchev–Trinajstić information content (AvgIpc) is 3.04. The molecule has 2 aromatic carbocycles. The molecule has 1 aromatic heterocycles. The molecule has 1 N–H and O–H groups in total. The molecule has 3 rings (SSSR count). The summed E-state index contributed by atoms with van der Waals surface area (Å²) in [5.74, 6) is -1.32. The highest BCUT2D eigenvalue weighted by atomic mass is 35.5. The fourth-order valence-corrected chi connectivity index (χ4v) is 3.09. The van der Waals surface area contributed by atoms with E-state index in [1.54, 1.807) is 19.1 Å². The Morgan fingerprint density at radius 2 is 1.86 bits per heavy atom. The van der Waals surface area contributed by atoms with Gasteiger partial charge in [0.25, 0.3) is 5.91 Å². The first-order valence-electron chi connectivity index (χ1n) is 8.80. The summed E-state index contributed by atoms with van der Waals surface area (Å²) in [7, 11) is 1.47. The maximum atomic E-state index is 14.3. The molecular weight excluding hydrogens is 397 g/mol. The molecule has 0 aliphatic heterocycles. The van der Waals surface area contributed by atoms with E-state index in [1.807, 2.05) is 19.1 Å². The predicted molar refractivity (Wildman–Crippen MR) is 108 cm³/mol. The Bertz CT molecular complexity index is 1040. The van der Waals surface area contributed by atoms with Gasteiger partial charge in [0.1, 0.15) is 22.8 Å². The van der Waals surface area contributed by atoms with Crippen LogP contribution in [0.4, 0.5) is 10.1 Å². The van der Waals surface area contributed by atoms with Gasteiger partial charge in [-0.25, -0.2) is 4.39 Å². The molecule has 0 fully saturated rings. The van der Waals surface area contributed by atoms with Crippen LogP contribution in [0.3, 0.4) is 0 Å². The van der Waals surface area contributed by atoms with Gasteiger partial charge in [0.05, 0.1) is 17.1 Å². The highest BCUT2D eigenvalue weighted by Gasteiger charge is 2.28. The quantitative estimate of drug-likeness (QED) is 0.667. The minimum atomic E-state index is -0.625. The van der Waals surface area contributed by atoms with Crippen LogP contribution in [0.2, 0.25) is 5.02 Å². The number of nitrogens with zero attached hydrogens (tertiary/aromatic N) is 2. The first-order valence-corrected chi connectivity index (χ1v) is 9.18. The van der Waals surface area contributed by atoms with Crippen LogP contribution < -0.4 is 5.32 Å². The zero-order valence-electron chi connectivity index (χ0n) is 16.1. The number of halogens is 2. The second kappa shape index (κ2) is 8.45. The van der Waals surface area contributed by atoms with Gasteiger partial charge in [-0.05, 0) is 38.1 Å². The van der Waals surface area contributed by atoms with Gasteiger partial charge in [-0.15, -0.1) is 0 Å². The summed E-state index contributed by atoms with van der Waals surface area (Å²) in [6.07, 6.45) is 0. The summed E-state index contributed by atoms with van der Waals surface area (Å²) >= 11 is 6.10. The number of carbonyl (C=O) groups is 2. The third kappa shape index (κ3) is 4.46. The molecule has 0 aliphatic rings. The van der Waals surface area contributed by atoms with Crippen molar-refractivity contribution >= 4 is 29.1 Å². The minimum Gasteiger partial charge on any atom is -0.360 e. The highest BCUT2D eigenvalue weighted by molar-refractivity contribution is 6.33. The molecular formula is C21H19ClFN3O3. The molecule has 0 saturated heterocycles. The predicted octanol–water partition coefficient (Wildman–Crippen LogP) is 4.46. The number of hydrogen-bond donors (Lipinski definition) is 1. The number of amides is 2. The fraction of sp³-hybridized carbons (Fsp3) is 0.190. The molecule has 2 amide bonds. The molecule has 1 heterocycles. The van der Waals surface area contributed by atoms with E-state index in [-0.39, 0.29) is 40.1 Å². The summed E-state index contributed by atoms with van der Waals surface area (Å²) in [4.78, 5) is 26.5. The molecule has 0 aliphatic carbocycles. The van der Waals surface area contributed by atoms with Crippen molar-refractivity contribution in [1.29, 1.82) is 0 Å². The lowest BCUT2D eigenvalue weighted by Gasteiger charge is -2.17. The van der Waals surface area contributed by atoms with Gasteiger partial charge in [-0.2, -0.15) is 0 Å². The molecule has 29 heavy (non-hydrogen) atoms. The maximum absolute atomic E-state index is 14.3. The molecule has 0 unspecified atom stereocenters. The van der Waals surface area contributed by atoms with Crippen LogP contribution in [0.25, 0.3) is 11.3 Å². The zero-order valence-corrected chi connectivity index (χ0v) is 16.9. The number of anilines is 1. The van der Waals surface area contributed by atoms with Crippen molar-refractivity contribution < 1.29 is 18.5 Å². The van der Waals surface area contributed by atoms with Crippen LogP contribution in [0.15, 0.2) is 47.0 Å². The number of rotatable bonds is 5. The van der Waals surface area contributed by atoms with Crippen molar-refractivity contribution in [3.8, 4) is 11.3 Å². The molecule has 0 spiro atoms. The van der Waals surface area contributed by atoms with Crippen LogP contribution in [-0.2, 0) is 4.79 Å². The lowest BCUT2D eigenvalue weighted by Crippen LogP contribution is -2.35. The number of hydrogen-bond acceptors (Lipinski definition) is 4. The van der Waals surface area contributed by atoms with Crippen LogP contribution in [0.5, 0.6) is 0 Å². The fourth-order valence-electron chi connectivity index (χ4n) is 2.83. The molecule has 0 radical (unpaired) electrons. The van der Waals surface area contributed by atoms with Gasteiger partial charge < -0.3 is 14.7 Å². The average molecular weight is 416 g/mol. The van der Waals surface area contributed by atoms with E-state index in [0.717, 1.165) is 5.56 Å². The van der Waals surface area contributed by atoms with Crippen LogP contribution in [0, 0.1) is 19.7 Å². The monoisotopic (exact) mass is 415 g/mol. The van der Waals surface area contributed by atoms with E-state index in [9.17, 15) is 14.0 Å². The van der Waals surface area contributed by atoms with Crippen molar-refractivity contribution in [3.63, 3.8) is 0 Å². The van der Waals surface area contributed by atoms with Crippen LogP contribution in [-0.4, -0.2) is 35.5 Å². The van der Waals surface area contributed by atoms with E-state index in [0.29, 0.717) is 5.69 Å². The van der Waals surface area contributed by atoms with E-state index in [1.165, 1.54) is 30.1 Å². The number of aromatic nitrogens is 1. The number of carbonyl (C=O) groups excluding carboxylic acids is 2. The second-order valence-corrected chi connectivity index (χ2v) is 7.04. The van der Waals surface area contributed by atoms with Gasteiger partial charge in [0, 0.05) is 12.7 Å². The largest absolute Gasteiger partial charge is 0.360 e. The van der Waals surface area contributed by atoms with Crippen LogP contribution >= 0.6 is 11.6 Å². The van der Waals surface area contributed by atoms with Crippen molar-refractivity contribution in [3.05, 3.63) is 70.2 Å². The van der Waals surface area contributed by atoms with Crippen molar-refractivity contribution in [2.75, 3.05) is 18.9 Å². The van der Waals surface area contributed by atoms with E-state index < -0.39 is 11.7 Å². The molecule has 0 bridgehead atoms. The first kappa shape index (κ1) is 20.5. The third-order valence-corrected chi connectivity index (χ3v) is 4.65. The van der Waals surface area contributed by atoms with E-state index in [4.69, 9.17) is 16.1 Å². The Hall–Kier alpha value is -3.19. The molecule has 0 atom stereocenters.